The van der Waals surface area contributed by atoms with Gasteiger partial charge in [0.2, 0.25) is 0 Å². The van der Waals surface area contributed by atoms with Crippen molar-refractivity contribution in [2.45, 2.75) is 6.92 Å². The van der Waals surface area contributed by atoms with E-state index in [0.29, 0.717) is 10.7 Å². The van der Waals surface area contributed by atoms with Gasteiger partial charge in [-0.3, -0.25) is 0 Å². The van der Waals surface area contributed by atoms with Crippen molar-refractivity contribution in [3.05, 3.63) is 56.6 Å². The Morgan fingerprint density at radius 3 is 2.47 bits per heavy atom. The molecule has 0 aromatic heterocycles. The molecule has 2 N–H and O–H groups in total. The molecule has 0 saturated carbocycles. The molecule has 0 bridgehead atoms. The Kier molecular flexibility index (Phi) is 4.66. The van der Waals surface area contributed by atoms with Crippen LogP contribution in [0.25, 0.3) is 0 Å². The smallest absolute Gasteiger partial charge is 0.307 e. The van der Waals surface area contributed by atoms with Gasteiger partial charge in [0, 0.05) is 9.26 Å². The summed E-state index contributed by atoms with van der Waals surface area (Å²) < 4.78 is 1.13. The van der Waals surface area contributed by atoms with Crippen LogP contribution in [0.1, 0.15) is 5.56 Å². The number of carbonyl (C=O) groups excluding carboxylic acids is 1. The average Bonchev–Trinajstić information content (AvgIpc) is 2.36. The highest BCUT2D eigenvalue weighted by molar-refractivity contribution is 14.1. The fraction of sp³-hybridized carbons (Fsp3) is 0.0714. The molecule has 5 heteroatoms. The van der Waals surface area contributed by atoms with Crippen LogP contribution < -0.4 is 10.6 Å². The van der Waals surface area contributed by atoms with Crippen molar-refractivity contribution >= 4 is 51.6 Å². The molecule has 2 amide bonds. The van der Waals surface area contributed by atoms with Crippen molar-refractivity contribution < 1.29 is 4.79 Å². The standard InChI is InChI=1S/C14H12ClIN2O/c1-9-8-10(16)6-7-12(9)17-14(19)18-13-5-3-2-4-11(13)15/h2-8H,1H3,(H2,17,18,19). The van der Waals surface area contributed by atoms with Gasteiger partial charge in [-0.2, -0.15) is 0 Å². The van der Waals surface area contributed by atoms with Crippen LogP contribution in [0.4, 0.5) is 16.2 Å². The van der Waals surface area contributed by atoms with Crippen molar-refractivity contribution in [2.24, 2.45) is 0 Å². The highest BCUT2D eigenvalue weighted by Crippen LogP contribution is 2.21. The monoisotopic (exact) mass is 386 g/mol. The van der Waals surface area contributed by atoms with E-state index in [1.165, 1.54) is 0 Å². The number of amides is 2. The SMILES string of the molecule is Cc1cc(I)ccc1NC(=O)Nc1ccccc1Cl. The van der Waals surface area contributed by atoms with Gasteiger partial charge >= 0.3 is 6.03 Å². The van der Waals surface area contributed by atoms with Gasteiger partial charge < -0.3 is 10.6 Å². The maximum atomic E-state index is 11.9. The van der Waals surface area contributed by atoms with Gasteiger partial charge in [-0.05, 0) is 65.4 Å². The van der Waals surface area contributed by atoms with Crippen molar-refractivity contribution in [1.29, 1.82) is 0 Å². The molecular formula is C14H12ClIN2O. The Hall–Kier alpha value is -1.27. The summed E-state index contributed by atoms with van der Waals surface area (Å²) in [6.45, 7) is 1.95. The third kappa shape index (κ3) is 3.84. The van der Waals surface area contributed by atoms with Gasteiger partial charge in [-0.25, -0.2) is 4.79 Å². The minimum Gasteiger partial charge on any atom is -0.307 e. The maximum absolute atomic E-state index is 11.9. The van der Waals surface area contributed by atoms with E-state index in [0.717, 1.165) is 14.8 Å². The molecule has 0 spiro atoms. The molecule has 0 unspecified atom stereocenters. The Bertz CT molecular complexity index is 616. The number of benzene rings is 2. The number of hydrogen-bond acceptors (Lipinski definition) is 1. The van der Waals surface area contributed by atoms with Crippen LogP contribution in [0.2, 0.25) is 5.02 Å². The zero-order valence-electron chi connectivity index (χ0n) is 10.2. The normalized spacial score (nSPS) is 10.1. The number of para-hydroxylation sites is 1. The summed E-state index contributed by atoms with van der Waals surface area (Å²) in [5, 5.41) is 6.03. The molecular weight excluding hydrogens is 375 g/mol. The second kappa shape index (κ2) is 6.25. The van der Waals surface area contributed by atoms with Gasteiger partial charge in [0.1, 0.15) is 0 Å². The molecule has 0 radical (unpaired) electrons. The van der Waals surface area contributed by atoms with E-state index >= 15 is 0 Å². The molecule has 0 saturated heterocycles. The van der Waals surface area contributed by atoms with E-state index in [1.807, 2.05) is 37.3 Å². The summed E-state index contributed by atoms with van der Waals surface area (Å²) in [7, 11) is 0. The zero-order chi connectivity index (χ0) is 13.8. The van der Waals surface area contributed by atoms with Crippen LogP contribution in [0, 0.1) is 10.5 Å². The van der Waals surface area contributed by atoms with Gasteiger partial charge in [0.25, 0.3) is 0 Å². The van der Waals surface area contributed by atoms with E-state index in [2.05, 4.69) is 33.2 Å². The number of aryl methyl sites for hydroxylation is 1. The Balaban J connectivity index is 2.08. The van der Waals surface area contributed by atoms with Crippen LogP contribution in [0.3, 0.4) is 0 Å². The van der Waals surface area contributed by atoms with Crippen LogP contribution in [-0.2, 0) is 0 Å². The van der Waals surface area contributed by atoms with E-state index in [-0.39, 0.29) is 6.03 Å². The zero-order valence-corrected chi connectivity index (χ0v) is 13.1. The van der Waals surface area contributed by atoms with Crippen LogP contribution in [0.5, 0.6) is 0 Å². The minimum absolute atomic E-state index is 0.308. The first-order valence-electron chi connectivity index (χ1n) is 5.65. The molecule has 19 heavy (non-hydrogen) atoms. The summed E-state index contributed by atoms with van der Waals surface area (Å²) in [5.74, 6) is 0. The van der Waals surface area contributed by atoms with E-state index in [4.69, 9.17) is 11.6 Å². The highest BCUT2D eigenvalue weighted by atomic mass is 127. The Morgan fingerprint density at radius 2 is 1.79 bits per heavy atom. The Morgan fingerprint density at radius 1 is 1.11 bits per heavy atom. The lowest BCUT2D eigenvalue weighted by Gasteiger charge is -2.11. The first-order valence-corrected chi connectivity index (χ1v) is 7.10. The van der Waals surface area contributed by atoms with E-state index in [9.17, 15) is 4.79 Å². The van der Waals surface area contributed by atoms with Gasteiger partial charge in [0.15, 0.2) is 0 Å². The molecule has 98 valence electrons. The maximum Gasteiger partial charge on any atom is 0.323 e. The molecule has 2 aromatic carbocycles. The molecule has 0 aliphatic carbocycles. The largest absolute Gasteiger partial charge is 0.323 e. The van der Waals surface area contributed by atoms with Crippen molar-refractivity contribution in [2.75, 3.05) is 10.6 Å². The number of urea groups is 1. The molecule has 3 nitrogen and oxygen atoms in total. The van der Waals surface area contributed by atoms with E-state index in [1.54, 1.807) is 12.1 Å². The third-order valence-corrected chi connectivity index (χ3v) is 3.56. The molecule has 0 fully saturated rings. The van der Waals surface area contributed by atoms with Gasteiger partial charge in [-0.1, -0.05) is 23.7 Å². The summed E-state index contributed by atoms with van der Waals surface area (Å²) in [5.41, 5.74) is 2.39. The number of halogens is 2. The minimum atomic E-state index is -0.308. The van der Waals surface area contributed by atoms with Crippen LogP contribution in [-0.4, -0.2) is 6.03 Å². The summed E-state index contributed by atoms with van der Waals surface area (Å²) in [6, 6.07) is 12.6. The fourth-order valence-electron chi connectivity index (χ4n) is 1.61. The highest BCUT2D eigenvalue weighted by Gasteiger charge is 2.07. The molecule has 2 aromatic rings. The lowest BCUT2D eigenvalue weighted by Crippen LogP contribution is -2.20. The van der Waals surface area contributed by atoms with E-state index < -0.39 is 0 Å². The van der Waals surface area contributed by atoms with Crippen molar-refractivity contribution in [3.63, 3.8) is 0 Å². The number of hydrogen-bond donors (Lipinski definition) is 2. The summed E-state index contributed by atoms with van der Waals surface area (Å²) >= 11 is 8.21. The topological polar surface area (TPSA) is 41.1 Å². The first-order chi connectivity index (χ1) is 9.06. The second-order valence-electron chi connectivity index (χ2n) is 4.02. The quantitative estimate of drug-likeness (QED) is 0.708. The first kappa shape index (κ1) is 14.1. The predicted octanol–water partition coefficient (Wildman–Crippen LogP) is 4.90. The summed E-state index contributed by atoms with van der Waals surface area (Å²) in [4.78, 5) is 11.9. The number of rotatable bonds is 2. The van der Waals surface area contributed by atoms with Crippen LogP contribution >= 0.6 is 34.2 Å². The molecule has 2 rings (SSSR count). The summed E-state index contributed by atoms with van der Waals surface area (Å²) in [6.07, 6.45) is 0. The lowest BCUT2D eigenvalue weighted by atomic mass is 10.2. The second-order valence-corrected chi connectivity index (χ2v) is 5.67. The Labute approximate surface area is 130 Å². The number of carbonyl (C=O) groups is 1. The van der Waals surface area contributed by atoms with Gasteiger partial charge in [0.05, 0.1) is 10.7 Å². The number of nitrogens with one attached hydrogen (secondary N) is 2. The molecule has 0 atom stereocenters. The molecule has 0 aliphatic heterocycles. The molecule has 0 aliphatic rings. The molecule has 0 heterocycles. The van der Waals surface area contributed by atoms with Crippen molar-refractivity contribution in [3.8, 4) is 0 Å². The van der Waals surface area contributed by atoms with Gasteiger partial charge in [-0.15, -0.1) is 0 Å². The lowest BCUT2D eigenvalue weighted by molar-refractivity contribution is 0.262. The van der Waals surface area contributed by atoms with Crippen LogP contribution in [0.15, 0.2) is 42.5 Å². The van der Waals surface area contributed by atoms with Crippen molar-refractivity contribution in [1.82, 2.24) is 0 Å². The average molecular weight is 387 g/mol. The fourth-order valence-corrected chi connectivity index (χ4v) is 2.44. The predicted molar refractivity (Wildman–Crippen MR) is 88.0 cm³/mol. The third-order valence-electron chi connectivity index (χ3n) is 2.56. The number of anilines is 2.